The molecule has 1 aromatic carbocycles. The lowest BCUT2D eigenvalue weighted by molar-refractivity contribution is -0.119. The van der Waals surface area contributed by atoms with Crippen LogP contribution in [-0.2, 0) is 4.79 Å². The molecule has 0 aliphatic carbocycles. The summed E-state index contributed by atoms with van der Waals surface area (Å²) in [6, 6.07) is 2.85. The lowest BCUT2D eigenvalue weighted by atomic mass is 9.90. The Morgan fingerprint density at radius 2 is 2.30 bits per heavy atom. The molecule has 1 aliphatic heterocycles. The number of hydrogen-bond acceptors (Lipinski definition) is 2. The molecule has 1 saturated heterocycles. The number of carbonyl (C=O) groups is 1. The Kier molecular flexibility index (Phi) is 5.16. The van der Waals surface area contributed by atoms with E-state index < -0.39 is 0 Å². The van der Waals surface area contributed by atoms with Crippen molar-refractivity contribution in [1.82, 2.24) is 5.32 Å². The van der Waals surface area contributed by atoms with Crippen molar-refractivity contribution in [2.24, 2.45) is 5.92 Å². The summed E-state index contributed by atoms with van der Waals surface area (Å²) in [7, 11) is 0. The third-order valence-electron chi connectivity index (χ3n) is 3.93. The zero-order chi connectivity index (χ0) is 14.7. The Bertz CT molecular complexity index is 507. The van der Waals surface area contributed by atoms with Crippen molar-refractivity contribution in [3.05, 3.63) is 28.0 Å². The van der Waals surface area contributed by atoms with Gasteiger partial charge in [-0.2, -0.15) is 0 Å². The molecule has 0 saturated carbocycles. The number of nitrogens with one attached hydrogen (secondary N) is 2. The third kappa shape index (κ3) is 3.58. The fraction of sp³-hybridized carbons (Fsp3) is 0.533. The number of aryl methyl sites for hydroxylation is 1. The summed E-state index contributed by atoms with van der Waals surface area (Å²) in [6.07, 6.45) is 3.06. The standard InChI is InChI=1S/C15H20BrFN2O/c1-3-10-4-5-18-14(7-10)15(20)19-13-8-12(17)11(16)6-9(13)2/h6,8,10,14,18H,3-5,7H2,1-2H3,(H,19,20). The van der Waals surface area contributed by atoms with E-state index in [4.69, 9.17) is 0 Å². The van der Waals surface area contributed by atoms with E-state index in [-0.39, 0.29) is 17.8 Å². The van der Waals surface area contributed by atoms with Gasteiger partial charge in [-0.25, -0.2) is 4.39 Å². The summed E-state index contributed by atoms with van der Waals surface area (Å²) >= 11 is 3.14. The fourth-order valence-electron chi connectivity index (χ4n) is 2.57. The highest BCUT2D eigenvalue weighted by Gasteiger charge is 2.26. The number of carbonyl (C=O) groups excluding carboxylic acids is 1. The van der Waals surface area contributed by atoms with Gasteiger partial charge in [0, 0.05) is 5.69 Å². The molecule has 0 spiro atoms. The first kappa shape index (κ1) is 15.4. The molecule has 1 fully saturated rings. The second kappa shape index (κ2) is 6.68. The Hall–Kier alpha value is -0.940. The van der Waals surface area contributed by atoms with Crippen molar-refractivity contribution in [2.45, 2.75) is 39.2 Å². The number of anilines is 1. The van der Waals surface area contributed by atoms with Crippen LogP contribution in [0.2, 0.25) is 0 Å². The first-order chi connectivity index (χ1) is 9.51. The van der Waals surface area contributed by atoms with Crippen molar-refractivity contribution >= 4 is 27.5 Å². The quantitative estimate of drug-likeness (QED) is 0.880. The molecule has 3 nitrogen and oxygen atoms in total. The third-order valence-corrected chi connectivity index (χ3v) is 4.54. The maximum atomic E-state index is 13.6. The average molecular weight is 343 g/mol. The van der Waals surface area contributed by atoms with Crippen LogP contribution < -0.4 is 10.6 Å². The molecule has 1 aromatic rings. The summed E-state index contributed by atoms with van der Waals surface area (Å²) in [5.74, 6) is 0.150. The Morgan fingerprint density at radius 3 is 3.00 bits per heavy atom. The monoisotopic (exact) mass is 342 g/mol. The maximum absolute atomic E-state index is 13.6. The molecule has 2 N–H and O–H groups in total. The molecule has 1 aliphatic rings. The van der Waals surface area contributed by atoms with Gasteiger partial charge in [0.05, 0.1) is 10.5 Å². The zero-order valence-corrected chi connectivity index (χ0v) is 13.4. The highest BCUT2D eigenvalue weighted by molar-refractivity contribution is 9.10. The normalized spacial score (nSPS) is 22.6. The molecule has 20 heavy (non-hydrogen) atoms. The highest BCUT2D eigenvalue weighted by atomic mass is 79.9. The van der Waals surface area contributed by atoms with Gasteiger partial charge < -0.3 is 10.6 Å². The molecule has 0 bridgehead atoms. The van der Waals surface area contributed by atoms with Crippen LogP contribution in [0.3, 0.4) is 0 Å². The molecule has 2 rings (SSSR count). The molecule has 0 aromatic heterocycles. The summed E-state index contributed by atoms with van der Waals surface area (Å²) < 4.78 is 14.0. The van der Waals surface area contributed by atoms with E-state index in [2.05, 4.69) is 33.5 Å². The van der Waals surface area contributed by atoms with Crippen LogP contribution in [0.25, 0.3) is 0 Å². The largest absolute Gasteiger partial charge is 0.324 e. The Morgan fingerprint density at radius 1 is 1.55 bits per heavy atom. The minimum Gasteiger partial charge on any atom is -0.324 e. The number of halogens is 2. The summed E-state index contributed by atoms with van der Waals surface area (Å²) in [5, 5.41) is 6.06. The smallest absolute Gasteiger partial charge is 0.241 e. The zero-order valence-electron chi connectivity index (χ0n) is 11.8. The second-order valence-electron chi connectivity index (χ2n) is 5.38. The van der Waals surface area contributed by atoms with Gasteiger partial charge in [-0.3, -0.25) is 4.79 Å². The molecule has 2 atom stereocenters. The number of piperidine rings is 1. The van der Waals surface area contributed by atoms with E-state index in [9.17, 15) is 9.18 Å². The van der Waals surface area contributed by atoms with Crippen molar-refractivity contribution in [3.8, 4) is 0 Å². The summed E-state index contributed by atoms with van der Waals surface area (Å²) in [6.45, 7) is 4.87. The van der Waals surface area contributed by atoms with Crippen LogP contribution in [0.15, 0.2) is 16.6 Å². The van der Waals surface area contributed by atoms with Crippen molar-refractivity contribution in [3.63, 3.8) is 0 Å². The topological polar surface area (TPSA) is 41.1 Å². The van der Waals surface area contributed by atoms with Gasteiger partial charge in [-0.15, -0.1) is 0 Å². The molecule has 1 amide bonds. The average Bonchev–Trinajstić information content (AvgIpc) is 2.44. The molecule has 0 radical (unpaired) electrons. The minimum absolute atomic E-state index is 0.0760. The first-order valence-electron chi connectivity index (χ1n) is 7.01. The molecular formula is C15H20BrFN2O. The number of rotatable bonds is 3. The highest BCUT2D eigenvalue weighted by Crippen LogP contribution is 2.25. The number of hydrogen-bond donors (Lipinski definition) is 2. The van der Waals surface area contributed by atoms with Gasteiger partial charge in [0.2, 0.25) is 5.91 Å². The number of benzene rings is 1. The van der Waals surface area contributed by atoms with E-state index in [0.717, 1.165) is 31.4 Å². The molecule has 5 heteroatoms. The van der Waals surface area contributed by atoms with Crippen LogP contribution in [0.4, 0.5) is 10.1 Å². The lowest BCUT2D eigenvalue weighted by Crippen LogP contribution is -2.46. The fourth-order valence-corrected chi connectivity index (χ4v) is 3.03. The van der Waals surface area contributed by atoms with Gasteiger partial charge >= 0.3 is 0 Å². The SMILES string of the molecule is CCC1CCNC(C(=O)Nc2cc(F)c(Br)cc2C)C1. The van der Waals surface area contributed by atoms with E-state index in [1.54, 1.807) is 6.07 Å². The predicted molar refractivity (Wildman–Crippen MR) is 82.3 cm³/mol. The van der Waals surface area contributed by atoms with Gasteiger partial charge in [0.1, 0.15) is 5.82 Å². The second-order valence-corrected chi connectivity index (χ2v) is 6.23. The van der Waals surface area contributed by atoms with Crippen molar-refractivity contribution < 1.29 is 9.18 Å². The van der Waals surface area contributed by atoms with E-state index in [0.29, 0.717) is 16.1 Å². The van der Waals surface area contributed by atoms with Crippen LogP contribution in [0, 0.1) is 18.7 Å². The minimum atomic E-state index is -0.367. The van der Waals surface area contributed by atoms with E-state index in [1.165, 1.54) is 6.07 Å². The van der Waals surface area contributed by atoms with Gasteiger partial charge in [0.15, 0.2) is 0 Å². The van der Waals surface area contributed by atoms with Crippen molar-refractivity contribution in [2.75, 3.05) is 11.9 Å². The van der Waals surface area contributed by atoms with Crippen LogP contribution in [0.5, 0.6) is 0 Å². The van der Waals surface area contributed by atoms with E-state index in [1.807, 2.05) is 6.92 Å². The van der Waals surface area contributed by atoms with E-state index >= 15 is 0 Å². The molecule has 2 unspecified atom stereocenters. The van der Waals surface area contributed by atoms with Crippen molar-refractivity contribution in [1.29, 1.82) is 0 Å². The predicted octanol–water partition coefficient (Wildman–Crippen LogP) is 3.61. The molecule has 110 valence electrons. The number of amides is 1. The van der Waals surface area contributed by atoms with Crippen LogP contribution in [0.1, 0.15) is 31.7 Å². The summed E-state index contributed by atoms with van der Waals surface area (Å²) in [4.78, 5) is 12.3. The van der Waals surface area contributed by atoms with Gasteiger partial charge in [-0.05, 0) is 65.9 Å². The van der Waals surface area contributed by atoms with Crippen LogP contribution in [-0.4, -0.2) is 18.5 Å². The first-order valence-corrected chi connectivity index (χ1v) is 7.80. The molecular weight excluding hydrogens is 323 g/mol. The van der Waals surface area contributed by atoms with Gasteiger partial charge in [0.25, 0.3) is 0 Å². The van der Waals surface area contributed by atoms with Gasteiger partial charge in [-0.1, -0.05) is 13.3 Å². The Balaban J connectivity index is 2.06. The lowest BCUT2D eigenvalue weighted by Gasteiger charge is -2.29. The maximum Gasteiger partial charge on any atom is 0.241 e. The summed E-state index contributed by atoms with van der Waals surface area (Å²) in [5.41, 5.74) is 1.38. The Labute approximate surface area is 127 Å². The van der Waals surface area contributed by atoms with Crippen LogP contribution >= 0.6 is 15.9 Å². The molecule has 1 heterocycles.